The topological polar surface area (TPSA) is 34.6 Å². The van der Waals surface area contributed by atoms with Crippen molar-refractivity contribution in [1.29, 1.82) is 0 Å². The van der Waals surface area contributed by atoms with Gasteiger partial charge in [0.2, 0.25) is 10.5 Å². The van der Waals surface area contributed by atoms with Gasteiger partial charge in [-0.1, -0.05) is 51.6 Å². The second kappa shape index (κ2) is 7.57. The van der Waals surface area contributed by atoms with Crippen molar-refractivity contribution < 1.29 is 4.57 Å². The Labute approximate surface area is 226 Å². The summed E-state index contributed by atoms with van der Waals surface area (Å²) in [5.41, 5.74) is 8.27. The fourth-order valence-corrected chi connectivity index (χ4v) is 8.82. The molecular formula is C33H31N4S+. The van der Waals surface area contributed by atoms with Crippen LogP contribution in [0.1, 0.15) is 51.7 Å². The third-order valence-corrected chi connectivity index (χ3v) is 11.0. The highest BCUT2D eigenvalue weighted by Crippen LogP contribution is 2.48. The first-order valence-corrected chi connectivity index (χ1v) is 14.8. The Bertz CT molecular complexity index is 1910. The third-order valence-electron chi connectivity index (χ3n) is 9.42. The highest BCUT2D eigenvalue weighted by atomic mass is 32.2. The summed E-state index contributed by atoms with van der Waals surface area (Å²) in [5.74, 6) is 1.14. The van der Waals surface area contributed by atoms with E-state index in [1.54, 1.807) is 0 Å². The van der Waals surface area contributed by atoms with Crippen molar-refractivity contribution in [2.24, 2.45) is 0 Å². The number of aromatic nitrogens is 4. The van der Waals surface area contributed by atoms with E-state index in [9.17, 15) is 0 Å². The predicted molar refractivity (Wildman–Crippen MR) is 158 cm³/mol. The molecule has 2 aliphatic rings. The lowest BCUT2D eigenvalue weighted by molar-refractivity contribution is -0.776. The Morgan fingerprint density at radius 1 is 0.895 bits per heavy atom. The molecule has 0 bridgehead atoms. The molecule has 6 aromatic rings. The summed E-state index contributed by atoms with van der Waals surface area (Å²) in [6.45, 7) is 9.58. The van der Waals surface area contributed by atoms with Crippen LogP contribution in [0.3, 0.4) is 0 Å². The highest BCUT2D eigenvalue weighted by molar-refractivity contribution is 7.99. The van der Waals surface area contributed by atoms with Gasteiger partial charge in [-0.25, -0.2) is 0 Å². The molecule has 8 rings (SSSR count). The quantitative estimate of drug-likeness (QED) is 0.180. The minimum Gasteiger partial charge on any atom is -0.308 e. The molecule has 0 atom stereocenters. The molecule has 0 N–H and O–H groups in total. The molecule has 0 radical (unpaired) electrons. The molecule has 0 unspecified atom stereocenters. The second-order valence-electron chi connectivity index (χ2n) is 11.8. The Hall–Kier alpha value is -3.44. The van der Waals surface area contributed by atoms with Crippen LogP contribution >= 0.6 is 11.8 Å². The molecule has 0 spiro atoms. The maximum Gasteiger partial charge on any atom is 0.244 e. The van der Waals surface area contributed by atoms with Crippen LogP contribution in [0.4, 0.5) is 0 Å². The summed E-state index contributed by atoms with van der Waals surface area (Å²) in [6, 6.07) is 16.3. The summed E-state index contributed by atoms with van der Waals surface area (Å²) < 4.78 is 5.20. The van der Waals surface area contributed by atoms with Gasteiger partial charge < -0.3 is 4.57 Å². The fraction of sp³-hybridized carbons (Fsp3) is 0.303. The van der Waals surface area contributed by atoms with Crippen molar-refractivity contribution in [3.05, 3.63) is 78.4 Å². The summed E-state index contributed by atoms with van der Waals surface area (Å²) >= 11 is 2.06. The first-order chi connectivity index (χ1) is 18.5. The van der Waals surface area contributed by atoms with Gasteiger partial charge in [-0.05, 0) is 35.9 Å². The van der Waals surface area contributed by atoms with E-state index in [1.165, 1.54) is 54.5 Å². The zero-order chi connectivity index (χ0) is 25.8. The molecule has 0 amide bonds. The lowest BCUT2D eigenvalue weighted by Gasteiger charge is -2.33. The molecule has 0 aliphatic carbocycles. The van der Waals surface area contributed by atoms with Gasteiger partial charge in [0.15, 0.2) is 5.54 Å². The van der Waals surface area contributed by atoms with Gasteiger partial charge in [-0.2, -0.15) is 4.57 Å². The maximum atomic E-state index is 4.44. The van der Waals surface area contributed by atoms with Crippen LogP contribution < -0.4 is 4.57 Å². The van der Waals surface area contributed by atoms with Gasteiger partial charge in [0, 0.05) is 82.3 Å². The first-order valence-electron chi connectivity index (χ1n) is 13.8. The zero-order valence-corrected chi connectivity index (χ0v) is 23.2. The standard InChI is InChI=1S/C33H31N4S/c1-5-33(6-2)16-21-8-10-26(36-27-11-13-34-17-23(27)24-18-35-14-12-28(24)36)22-9-7-20-15-25-31(38-19-32(25,3)4)37(33)30(20)29(21)22/h7-15,17-18H,5-6,16,19H2,1-4H3/q+1. The van der Waals surface area contributed by atoms with Crippen molar-refractivity contribution in [1.82, 2.24) is 14.5 Å². The number of nitrogens with zero attached hydrogens (tertiary/aromatic N) is 4. The van der Waals surface area contributed by atoms with Crippen LogP contribution in [0, 0.1) is 0 Å². The molecule has 188 valence electrons. The van der Waals surface area contributed by atoms with E-state index < -0.39 is 0 Å². The van der Waals surface area contributed by atoms with E-state index >= 15 is 0 Å². The minimum atomic E-state index is 0.101. The number of benzene rings is 2. The highest BCUT2D eigenvalue weighted by Gasteiger charge is 2.49. The summed E-state index contributed by atoms with van der Waals surface area (Å²) in [5, 5.41) is 7.88. The van der Waals surface area contributed by atoms with Crippen LogP contribution in [0.5, 0.6) is 0 Å². The largest absolute Gasteiger partial charge is 0.308 e. The molecule has 4 aromatic heterocycles. The number of fused-ring (bicyclic) bond motifs is 5. The van der Waals surface area contributed by atoms with Gasteiger partial charge in [-0.15, -0.1) is 0 Å². The second-order valence-corrected chi connectivity index (χ2v) is 12.7. The smallest absolute Gasteiger partial charge is 0.244 e. The van der Waals surface area contributed by atoms with E-state index in [-0.39, 0.29) is 11.0 Å². The van der Waals surface area contributed by atoms with Crippen molar-refractivity contribution in [3.63, 3.8) is 0 Å². The van der Waals surface area contributed by atoms with Crippen molar-refractivity contribution >= 4 is 55.2 Å². The first kappa shape index (κ1) is 22.5. The Morgan fingerprint density at radius 3 is 2.29 bits per heavy atom. The van der Waals surface area contributed by atoms with E-state index in [2.05, 4.69) is 101 Å². The predicted octanol–water partition coefficient (Wildman–Crippen LogP) is 7.62. The number of rotatable bonds is 3. The minimum absolute atomic E-state index is 0.101. The van der Waals surface area contributed by atoms with Crippen molar-refractivity contribution in [3.8, 4) is 5.69 Å². The van der Waals surface area contributed by atoms with Crippen molar-refractivity contribution in [2.75, 3.05) is 5.75 Å². The Balaban J connectivity index is 1.56. The Kier molecular flexibility index (Phi) is 4.49. The van der Waals surface area contributed by atoms with E-state index in [0.29, 0.717) is 0 Å². The van der Waals surface area contributed by atoms with Crippen LogP contribution in [0.25, 0.3) is 49.2 Å². The Morgan fingerprint density at radius 2 is 1.61 bits per heavy atom. The van der Waals surface area contributed by atoms with Gasteiger partial charge in [0.25, 0.3) is 0 Å². The maximum absolute atomic E-state index is 4.44. The zero-order valence-electron chi connectivity index (χ0n) is 22.4. The summed E-state index contributed by atoms with van der Waals surface area (Å²) in [4.78, 5) is 8.88. The van der Waals surface area contributed by atoms with Crippen molar-refractivity contribution in [2.45, 2.75) is 62.9 Å². The SMILES string of the molecule is CCC1(CC)Cc2ccc(-n3c4ccncc4c4cnccc43)c3ccc4cc5c([n+]1c4c23)SCC5(C)C. The molecular weight excluding hydrogens is 484 g/mol. The molecule has 2 aliphatic heterocycles. The van der Waals surface area contributed by atoms with Gasteiger partial charge in [0.05, 0.1) is 22.1 Å². The average molecular weight is 516 g/mol. The third kappa shape index (κ3) is 2.70. The van der Waals surface area contributed by atoms with Crippen LogP contribution in [0.2, 0.25) is 0 Å². The molecule has 0 saturated heterocycles. The van der Waals surface area contributed by atoms with E-state index in [4.69, 9.17) is 0 Å². The molecule has 0 saturated carbocycles. The van der Waals surface area contributed by atoms with Gasteiger partial charge in [0.1, 0.15) is 0 Å². The number of hydrogen-bond donors (Lipinski definition) is 0. The molecule has 4 nitrogen and oxygen atoms in total. The van der Waals surface area contributed by atoms with Crippen LogP contribution in [0.15, 0.2) is 72.3 Å². The average Bonchev–Trinajstić information content (AvgIpc) is 3.44. The molecule has 38 heavy (non-hydrogen) atoms. The van der Waals surface area contributed by atoms with Gasteiger partial charge >= 0.3 is 0 Å². The molecule has 2 aromatic carbocycles. The van der Waals surface area contributed by atoms with Gasteiger partial charge in [-0.3, -0.25) is 9.97 Å². The number of thioether (sulfide) groups is 1. The number of pyridine rings is 3. The lowest BCUT2D eigenvalue weighted by atomic mass is 9.78. The fourth-order valence-electron chi connectivity index (χ4n) is 7.26. The lowest BCUT2D eigenvalue weighted by Crippen LogP contribution is -2.60. The molecule has 5 heteroatoms. The van der Waals surface area contributed by atoms with E-state index in [0.717, 1.165) is 35.8 Å². The summed E-state index contributed by atoms with van der Waals surface area (Å²) in [6.07, 6.45) is 11.1. The van der Waals surface area contributed by atoms with Crippen LogP contribution in [-0.4, -0.2) is 20.3 Å². The summed E-state index contributed by atoms with van der Waals surface area (Å²) in [7, 11) is 0. The monoisotopic (exact) mass is 515 g/mol. The normalized spacial score (nSPS) is 17.3. The van der Waals surface area contributed by atoms with E-state index in [1.807, 2.05) is 24.8 Å². The number of hydrogen-bond acceptors (Lipinski definition) is 3. The molecule has 0 fully saturated rings. The van der Waals surface area contributed by atoms with Crippen LogP contribution in [-0.2, 0) is 17.4 Å². The molecule has 6 heterocycles.